The van der Waals surface area contributed by atoms with Gasteiger partial charge in [-0.25, -0.2) is 0 Å². The minimum atomic E-state index is 0.347. The van der Waals surface area contributed by atoms with E-state index in [1.807, 2.05) is 0 Å². The first-order valence-electron chi connectivity index (χ1n) is 8.72. The van der Waals surface area contributed by atoms with Crippen LogP contribution in [0.4, 0.5) is 0 Å². The summed E-state index contributed by atoms with van der Waals surface area (Å²) < 4.78 is 0. The molecule has 112 valence electrons. The summed E-state index contributed by atoms with van der Waals surface area (Å²) in [4.78, 5) is 2.82. The van der Waals surface area contributed by atoms with E-state index in [4.69, 9.17) is 5.73 Å². The summed E-state index contributed by atoms with van der Waals surface area (Å²) in [6.45, 7) is 6.79. The zero-order valence-corrected chi connectivity index (χ0v) is 13.2. The maximum absolute atomic E-state index is 6.28. The van der Waals surface area contributed by atoms with Crippen molar-refractivity contribution < 1.29 is 0 Å². The average Bonchev–Trinajstić information content (AvgIpc) is 3.24. The fraction of sp³-hybridized carbons (Fsp3) is 1.00. The molecule has 2 rings (SSSR count). The van der Waals surface area contributed by atoms with Crippen LogP contribution >= 0.6 is 0 Å². The Morgan fingerprint density at radius 2 is 1.84 bits per heavy atom. The molecule has 2 saturated carbocycles. The van der Waals surface area contributed by atoms with Crippen LogP contribution < -0.4 is 5.73 Å². The highest BCUT2D eigenvalue weighted by Crippen LogP contribution is 2.41. The van der Waals surface area contributed by atoms with Crippen molar-refractivity contribution >= 4 is 0 Å². The standard InChI is InChI=1S/C17H34N2/c1-3-6-15-7-5-11-17(14-18,12-10-15)19(13-4-2)16-8-9-16/h15-16H,3-14,18H2,1-2H3. The lowest BCUT2D eigenvalue weighted by atomic mass is 9.86. The quantitative estimate of drug-likeness (QED) is 0.707. The molecule has 0 spiro atoms. The van der Waals surface area contributed by atoms with Crippen molar-refractivity contribution in [1.29, 1.82) is 0 Å². The van der Waals surface area contributed by atoms with Crippen LogP contribution in [0.2, 0.25) is 0 Å². The molecule has 0 aromatic heterocycles. The minimum absolute atomic E-state index is 0.347. The van der Waals surface area contributed by atoms with Gasteiger partial charge in [0.05, 0.1) is 0 Å². The Labute approximate surface area is 120 Å². The van der Waals surface area contributed by atoms with Crippen LogP contribution in [0.15, 0.2) is 0 Å². The van der Waals surface area contributed by atoms with Gasteiger partial charge in [-0.15, -0.1) is 0 Å². The third kappa shape index (κ3) is 3.72. The Kier molecular flexibility index (Phi) is 5.70. The Morgan fingerprint density at radius 3 is 2.42 bits per heavy atom. The summed E-state index contributed by atoms with van der Waals surface area (Å²) in [6.07, 6.45) is 13.8. The monoisotopic (exact) mass is 266 g/mol. The van der Waals surface area contributed by atoms with E-state index in [1.165, 1.54) is 70.8 Å². The van der Waals surface area contributed by atoms with E-state index in [1.54, 1.807) is 0 Å². The lowest BCUT2D eigenvalue weighted by Gasteiger charge is -2.44. The Bertz CT molecular complexity index is 262. The first-order valence-corrected chi connectivity index (χ1v) is 8.72. The summed E-state index contributed by atoms with van der Waals surface area (Å²) in [5.41, 5.74) is 6.63. The summed E-state index contributed by atoms with van der Waals surface area (Å²) in [5.74, 6) is 0.973. The van der Waals surface area contributed by atoms with Crippen LogP contribution in [-0.4, -0.2) is 29.6 Å². The zero-order chi connectivity index (χ0) is 13.7. The molecule has 2 heteroatoms. The highest BCUT2D eigenvalue weighted by Gasteiger charge is 2.43. The largest absolute Gasteiger partial charge is 0.329 e. The molecule has 2 aliphatic rings. The summed E-state index contributed by atoms with van der Waals surface area (Å²) in [7, 11) is 0. The van der Waals surface area contributed by atoms with E-state index >= 15 is 0 Å². The first-order chi connectivity index (χ1) is 9.25. The van der Waals surface area contributed by atoms with E-state index in [-0.39, 0.29) is 0 Å². The zero-order valence-electron chi connectivity index (χ0n) is 13.2. The lowest BCUT2D eigenvalue weighted by Crippen LogP contribution is -2.55. The van der Waals surface area contributed by atoms with E-state index in [2.05, 4.69) is 18.7 Å². The van der Waals surface area contributed by atoms with Gasteiger partial charge < -0.3 is 5.73 Å². The van der Waals surface area contributed by atoms with Gasteiger partial charge in [-0.3, -0.25) is 4.90 Å². The smallest absolute Gasteiger partial charge is 0.0334 e. The van der Waals surface area contributed by atoms with Crippen LogP contribution in [0.3, 0.4) is 0 Å². The second-order valence-electron chi connectivity index (χ2n) is 6.94. The van der Waals surface area contributed by atoms with Gasteiger partial charge in [-0.05, 0) is 51.0 Å². The van der Waals surface area contributed by atoms with E-state index in [9.17, 15) is 0 Å². The second kappa shape index (κ2) is 7.08. The van der Waals surface area contributed by atoms with Crippen LogP contribution in [0, 0.1) is 5.92 Å². The van der Waals surface area contributed by atoms with Crippen LogP contribution in [-0.2, 0) is 0 Å². The predicted molar refractivity (Wildman–Crippen MR) is 83.3 cm³/mol. The van der Waals surface area contributed by atoms with E-state index in [0.717, 1.165) is 18.5 Å². The SMILES string of the molecule is CCCC1CCCC(CN)(N(CCC)C2CC2)CC1. The van der Waals surface area contributed by atoms with Crippen molar-refractivity contribution in [3.8, 4) is 0 Å². The van der Waals surface area contributed by atoms with Crippen molar-refractivity contribution in [2.45, 2.75) is 89.6 Å². The lowest BCUT2D eigenvalue weighted by molar-refractivity contribution is 0.0681. The highest BCUT2D eigenvalue weighted by atomic mass is 15.3. The predicted octanol–water partition coefficient (Wildman–Crippen LogP) is 3.94. The number of rotatable bonds is 7. The molecule has 2 atom stereocenters. The van der Waals surface area contributed by atoms with Crippen molar-refractivity contribution in [2.75, 3.05) is 13.1 Å². The molecular weight excluding hydrogens is 232 g/mol. The van der Waals surface area contributed by atoms with Crippen molar-refractivity contribution in [2.24, 2.45) is 11.7 Å². The van der Waals surface area contributed by atoms with Crippen molar-refractivity contribution in [3.63, 3.8) is 0 Å². The Balaban J connectivity index is 2.03. The molecule has 2 N–H and O–H groups in total. The molecule has 0 heterocycles. The summed E-state index contributed by atoms with van der Waals surface area (Å²) in [6, 6.07) is 0.867. The highest BCUT2D eigenvalue weighted by molar-refractivity contribution is 5.00. The minimum Gasteiger partial charge on any atom is -0.329 e. The number of hydrogen-bond donors (Lipinski definition) is 1. The number of nitrogens with zero attached hydrogens (tertiary/aromatic N) is 1. The molecule has 0 bridgehead atoms. The van der Waals surface area contributed by atoms with E-state index in [0.29, 0.717) is 5.54 Å². The molecule has 0 aromatic carbocycles. The first kappa shape index (κ1) is 15.3. The maximum Gasteiger partial charge on any atom is 0.0334 e. The van der Waals surface area contributed by atoms with Crippen LogP contribution in [0.25, 0.3) is 0 Å². The van der Waals surface area contributed by atoms with Crippen molar-refractivity contribution in [1.82, 2.24) is 4.90 Å². The summed E-state index contributed by atoms with van der Waals surface area (Å²) in [5, 5.41) is 0. The molecule has 2 nitrogen and oxygen atoms in total. The van der Waals surface area contributed by atoms with Gasteiger partial charge in [0.1, 0.15) is 0 Å². The molecule has 0 saturated heterocycles. The molecular formula is C17H34N2. The van der Waals surface area contributed by atoms with E-state index < -0.39 is 0 Å². The molecule has 0 amide bonds. The van der Waals surface area contributed by atoms with Gasteiger partial charge in [0.15, 0.2) is 0 Å². The van der Waals surface area contributed by atoms with Gasteiger partial charge in [-0.2, -0.15) is 0 Å². The van der Waals surface area contributed by atoms with Gasteiger partial charge in [0.2, 0.25) is 0 Å². The number of nitrogens with two attached hydrogens (primary N) is 1. The Morgan fingerprint density at radius 1 is 1.05 bits per heavy atom. The van der Waals surface area contributed by atoms with Crippen LogP contribution in [0.1, 0.15) is 78.1 Å². The molecule has 19 heavy (non-hydrogen) atoms. The summed E-state index contributed by atoms with van der Waals surface area (Å²) >= 11 is 0. The molecule has 2 unspecified atom stereocenters. The van der Waals surface area contributed by atoms with Crippen molar-refractivity contribution in [3.05, 3.63) is 0 Å². The molecule has 2 fully saturated rings. The molecule has 0 aliphatic heterocycles. The fourth-order valence-electron chi connectivity index (χ4n) is 4.20. The molecule has 0 aromatic rings. The third-order valence-electron chi connectivity index (χ3n) is 5.41. The van der Waals surface area contributed by atoms with Crippen LogP contribution in [0.5, 0.6) is 0 Å². The third-order valence-corrected chi connectivity index (χ3v) is 5.41. The number of hydrogen-bond acceptors (Lipinski definition) is 2. The Hall–Kier alpha value is -0.0800. The second-order valence-corrected chi connectivity index (χ2v) is 6.94. The average molecular weight is 266 g/mol. The fourth-order valence-corrected chi connectivity index (χ4v) is 4.20. The molecule has 0 radical (unpaired) electrons. The van der Waals surface area contributed by atoms with Gasteiger partial charge in [0.25, 0.3) is 0 Å². The van der Waals surface area contributed by atoms with Gasteiger partial charge >= 0.3 is 0 Å². The topological polar surface area (TPSA) is 29.3 Å². The normalized spacial score (nSPS) is 32.5. The van der Waals surface area contributed by atoms with Gasteiger partial charge in [-0.1, -0.05) is 39.5 Å². The maximum atomic E-state index is 6.28. The molecule has 2 aliphatic carbocycles. The van der Waals surface area contributed by atoms with Gasteiger partial charge in [0, 0.05) is 18.1 Å².